The van der Waals surface area contributed by atoms with Crippen LogP contribution in [0, 0.1) is 5.92 Å². The first-order chi connectivity index (χ1) is 8.74. The van der Waals surface area contributed by atoms with Gasteiger partial charge in [-0.25, -0.2) is 0 Å². The van der Waals surface area contributed by atoms with Gasteiger partial charge in [0.05, 0.1) is 6.61 Å². The Morgan fingerprint density at radius 2 is 2.28 bits per heavy atom. The summed E-state index contributed by atoms with van der Waals surface area (Å²) in [6, 6.07) is 6.61. The van der Waals surface area contributed by atoms with Gasteiger partial charge in [0.15, 0.2) is 0 Å². The summed E-state index contributed by atoms with van der Waals surface area (Å²) in [5, 5.41) is 0. The standard InChI is InChI=1S/C16H23NO/c1-2-13-5-3-4-9-16(13,17)14-6-7-15-12(11-14)8-10-18-15/h6-7,11,13H,2-5,8-10,17H2,1H3. The first kappa shape index (κ1) is 12.0. The van der Waals surface area contributed by atoms with E-state index < -0.39 is 0 Å². The van der Waals surface area contributed by atoms with E-state index in [2.05, 4.69) is 25.1 Å². The molecule has 18 heavy (non-hydrogen) atoms. The van der Waals surface area contributed by atoms with Gasteiger partial charge in [-0.3, -0.25) is 0 Å². The van der Waals surface area contributed by atoms with Gasteiger partial charge in [-0.05, 0) is 36.0 Å². The highest BCUT2D eigenvalue weighted by atomic mass is 16.5. The summed E-state index contributed by atoms with van der Waals surface area (Å²) in [4.78, 5) is 0. The van der Waals surface area contributed by atoms with Gasteiger partial charge in [0.1, 0.15) is 5.75 Å². The van der Waals surface area contributed by atoms with E-state index in [1.165, 1.54) is 36.8 Å². The van der Waals surface area contributed by atoms with Crippen molar-refractivity contribution in [3.05, 3.63) is 29.3 Å². The van der Waals surface area contributed by atoms with Gasteiger partial charge in [0, 0.05) is 12.0 Å². The molecule has 1 heterocycles. The highest BCUT2D eigenvalue weighted by molar-refractivity contribution is 5.42. The summed E-state index contributed by atoms with van der Waals surface area (Å²) >= 11 is 0. The monoisotopic (exact) mass is 245 g/mol. The molecule has 1 aliphatic carbocycles. The van der Waals surface area contributed by atoms with E-state index in [1.807, 2.05) is 0 Å². The van der Waals surface area contributed by atoms with E-state index in [1.54, 1.807) is 0 Å². The molecular formula is C16H23NO. The maximum absolute atomic E-state index is 6.79. The molecule has 1 aliphatic heterocycles. The van der Waals surface area contributed by atoms with Crippen LogP contribution in [0.2, 0.25) is 0 Å². The normalized spacial score (nSPS) is 30.9. The fourth-order valence-corrected chi connectivity index (χ4v) is 3.69. The number of rotatable bonds is 2. The van der Waals surface area contributed by atoms with Crippen molar-refractivity contribution in [2.75, 3.05) is 6.61 Å². The lowest BCUT2D eigenvalue weighted by Gasteiger charge is -2.41. The number of hydrogen-bond donors (Lipinski definition) is 1. The van der Waals surface area contributed by atoms with Crippen molar-refractivity contribution in [1.29, 1.82) is 0 Å². The Labute approximate surface area is 110 Å². The molecule has 0 saturated heterocycles. The number of fused-ring (bicyclic) bond motifs is 1. The molecule has 0 spiro atoms. The van der Waals surface area contributed by atoms with Gasteiger partial charge in [-0.15, -0.1) is 0 Å². The number of nitrogens with two attached hydrogens (primary N) is 1. The highest BCUT2D eigenvalue weighted by Gasteiger charge is 2.38. The summed E-state index contributed by atoms with van der Waals surface area (Å²) in [6.45, 7) is 3.10. The topological polar surface area (TPSA) is 35.2 Å². The van der Waals surface area contributed by atoms with Crippen LogP contribution in [0.4, 0.5) is 0 Å². The van der Waals surface area contributed by atoms with Crippen LogP contribution in [0.25, 0.3) is 0 Å². The van der Waals surface area contributed by atoms with Crippen molar-refractivity contribution < 1.29 is 4.74 Å². The molecule has 0 aromatic heterocycles. The van der Waals surface area contributed by atoms with E-state index in [4.69, 9.17) is 10.5 Å². The second-order valence-corrected chi connectivity index (χ2v) is 5.81. The van der Waals surface area contributed by atoms with Crippen molar-refractivity contribution in [1.82, 2.24) is 0 Å². The molecule has 2 nitrogen and oxygen atoms in total. The van der Waals surface area contributed by atoms with Gasteiger partial charge in [0.2, 0.25) is 0 Å². The minimum Gasteiger partial charge on any atom is -0.493 e. The third-order valence-corrected chi connectivity index (χ3v) is 4.84. The molecule has 2 atom stereocenters. The van der Waals surface area contributed by atoms with Crippen molar-refractivity contribution in [2.45, 2.75) is 51.0 Å². The smallest absolute Gasteiger partial charge is 0.122 e. The molecule has 1 saturated carbocycles. The van der Waals surface area contributed by atoms with Crippen LogP contribution >= 0.6 is 0 Å². The van der Waals surface area contributed by atoms with Gasteiger partial charge >= 0.3 is 0 Å². The SMILES string of the molecule is CCC1CCCCC1(N)c1ccc2c(c1)CCO2. The Morgan fingerprint density at radius 3 is 3.11 bits per heavy atom. The first-order valence-corrected chi connectivity index (χ1v) is 7.29. The quantitative estimate of drug-likeness (QED) is 0.867. The van der Waals surface area contributed by atoms with Gasteiger partial charge in [0.25, 0.3) is 0 Å². The van der Waals surface area contributed by atoms with Crippen LogP contribution in [0.3, 0.4) is 0 Å². The Hall–Kier alpha value is -1.02. The second-order valence-electron chi connectivity index (χ2n) is 5.81. The fourth-order valence-electron chi connectivity index (χ4n) is 3.69. The van der Waals surface area contributed by atoms with Gasteiger partial charge in [-0.2, -0.15) is 0 Å². The van der Waals surface area contributed by atoms with Gasteiger partial charge < -0.3 is 10.5 Å². The predicted octanol–water partition coefficient (Wildman–Crippen LogP) is 3.38. The summed E-state index contributed by atoms with van der Waals surface area (Å²) in [5.74, 6) is 1.69. The van der Waals surface area contributed by atoms with Crippen molar-refractivity contribution in [3.8, 4) is 5.75 Å². The molecule has 2 N–H and O–H groups in total. The van der Waals surface area contributed by atoms with Crippen molar-refractivity contribution in [2.24, 2.45) is 11.7 Å². The maximum atomic E-state index is 6.79. The molecule has 2 aliphatic rings. The second kappa shape index (κ2) is 4.58. The Morgan fingerprint density at radius 1 is 1.39 bits per heavy atom. The summed E-state index contributed by atoms with van der Waals surface area (Å²) in [7, 11) is 0. The Balaban J connectivity index is 1.96. The molecule has 1 aromatic rings. The third-order valence-electron chi connectivity index (χ3n) is 4.84. The number of ether oxygens (including phenoxy) is 1. The van der Waals surface area contributed by atoms with Crippen LogP contribution in [-0.4, -0.2) is 6.61 Å². The molecule has 0 bridgehead atoms. The van der Waals surface area contributed by atoms with E-state index in [9.17, 15) is 0 Å². The van der Waals surface area contributed by atoms with E-state index >= 15 is 0 Å². The highest BCUT2D eigenvalue weighted by Crippen LogP contribution is 2.42. The molecule has 2 unspecified atom stereocenters. The van der Waals surface area contributed by atoms with E-state index in [-0.39, 0.29) is 5.54 Å². The third kappa shape index (κ3) is 1.83. The molecule has 98 valence electrons. The molecular weight excluding hydrogens is 222 g/mol. The zero-order valence-electron chi connectivity index (χ0n) is 11.2. The van der Waals surface area contributed by atoms with Crippen LogP contribution in [0.15, 0.2) is 18.2 Å². The molecule has 1 aromatic carbocycles. The zero-order valence-corrected chi connectivity index (χ0v) is 11.2. The zero-order chi connectivity index (χ0) is 12.6. The van der Waals surface area contributed by atoms with Crippen LogP contribution in [0.1, 0.15) is 50.2 Å². The number of hydrogen-bond acceptors (Lipinski definition) is 2. The van der Waals surface area contributed by atoms with Crippen molar-refractivity contribution in [3.63, 3.8) is 0 Å². The van der Waals surface area contributed by atoms with Crippen LogP contribution in [0.5, 0.6) is 5.75 Å². The summed E-state index contributed by atoms with van der Waals surface area (Å²) in [6.07, 6.45) is 7.23. The lowest BCUT2D eigenvalue weighted by atomic mass is 9.68. The fraction of sp³-hybridized carbons (Fsp3) is 0.625. The predicted molar refractivity (Wildman–Crippen MR) is 73.8 cm³/mol. The molecule has 3 rings (SSSR count). The van der Waals surface area contributed by atoms with E-state index in [0.717, 1.165) is 25.2 Å². The molecule has 2 heteroatoms. The van der Waals surface area contributed by atoms with Crippen LogP contribution in [-0.2, 0) is 12.0 Å². The molecule has 0 amide bonds. The average Bonchev–Trinajstić information content (AvgIpc) is 2.86. The minimum atomic E-state index is -0.107. The Kier molecular flexibility index (Phi) is 3.06. The Bertz CT molecular complexity index is 443. The first-order valence-electron chi connectivity index (χ1n) is 7.29. The molecule has 1 fully saturated rings. The van der Waals surface area contributed by atoms with E-state index in [0.29, 0.717) is 5.92 Å². The summed E-state index contributed by atoms with van der Waals surface area (Å²) in [5.41, 5.74) is 9.36. The largest absolute Gasteiger partial charge is 0.493 e. The molecule has 0 radical (unpaired) electrons. The van der Waals surface area contributed by atoms with Gasteiger partial charge in [-0.1, -0.05) is 38.3 Å². The lowest BCUT2D eigenvalue weighted by Crippen LogP contribution is -2.46. The number of benzene rings is 1. The average molecular weight is 245 g/mol. The van der Waals surface area contributed by atoms with Crippen LogP contribution < -0.4 is 10.5 Å². The minimum absolute atomic E-state index is 0.107. The summed E-state index contributed by atoms with van der Waals surface area (Å²) < 4.78 is 5.59. The maximum Gasteiger partial charge on any atom is 0.122 e. The van der Waals surface area contributed by atoms with Crippen molar-refractivity contribution >= 4 is 0 Å². The lowest BCUT2D eigenvalue weighted by molar-refractivity contribution is 0.184.